The number of aromatic nitrogens is 3. The number of rotatable bonds is 7. The van der Waals surface area contributed by atoms with Crippen LogP contribution >= 0.6 is 0 Å². The lowest BCUT2D eigenvalue weighted by Crippen LogP contribution is -2.66. The summed E-state index contributed by atoms with van der Waals surface area (Å²) < 4.78 is 44.1. The molecule has 7 rings (SSSR count). The van der Waals surface area contributed by atoms with Gasteiger partial charge in [0, 0.05) is 48.5 Å². The van der Waals surface area contributed by atoms with E-state index >= 15 is 0 Å². The lowest BCUT2D eigenvalue weighted by atomic mass is 9.35. The number of benzene rings is 1. The van der Waals surface area contributed by atoms with Crippen LogP contribution in [0.15, 0.2) is 47.2 Å². The van der Waals surface area contributed by atoms with Crippen LogP contribution < -0.4 is 5.32 Å². The van der Waals surface area contributed by atoms with Gasteiger partial charge in [-0.05, 0) is 41.9 Å². The van der Waals surface area contributed by atoms with Gasteiger partial charge in [-0.2, -0.15) is 18.2 Å². The van der Waals surface area contributed by atoms with Gasteiger partial charge < -0.3 is 20.1 Å². The van der Waals surface area contributed by atoms with Crippen molar-refractivity contribution in [3.8, 4) is 11.5 Å². The minimum atomic E-state index is -4.30. The summed E-state index contributed by atoms with van der Waals surface area (Å²) in [6.07, 6.45) is 0.380. The first kappa shape index (κ1) is 23.6. The molecule has 3 N–H and O–H groups in total. The minimum Gasteiger partial charge on any atom is -0.396 e. The number of halogens is 3. The molecule has 1 aliphatic heterocycles. The van der Waals surface area contributed by atoms with E-state index in [1.165, 1.54) is 12.1 Å². The van der Waals surface area contributed by atoms with Gasteiger partial charge in [0.1, 0.15) is 5.60 Å². The average molecular weight is 501 g/mol. The molecule has 0 spiro atoms. The Morgan fingerprint density at radius 3 is 2.33 bits per heavy atom. The lowest BCUT2D eigenvalue weighted by molar-refractivity contribution is -0.172. The number of hydrogen-bond donors (Lipinski definition) is 3. The molecule has 7 nitrogen and oxygen atoms in total. The van der Waals surface area contributed by atoms with Gasteiger partial charge in [0.25, 0.3) is 5.89 Å². The molecule has 3 heterocycles. The molecule has 36 heavy (non-hydrogen) atoms. The summed E-state index contributed by atoms with van der Waals surface area (Å²) in [7, 11) is 0. The Morgan fingerprint density at radius 1 is 1.06 bits per heavy atom. The molecule has 0 amide bonds. The SMILES string of the molecule is CC1([C@](O)(c2ccc(CC(F)(F)F)cc2)c2cncc(-c3nc(C45CC(CO)(C4)C5)no3)c2)CNC1. The van der Waals surface area contributed by atoms with Crippen LogP contribution in [0.3, 0.4) is 0 Å². The molecule has 0 unspecified atom stereocenters. The van der Waals surface area contributed by atoms with E-state index in [-0.39, 0.29) is 23.0 Å². The van der Waals surface area contributed by atoms with Crippen molar-refractivity contribution in [3.63, 3.8) is 0 Å². The second-order valence-corrected chi connectivity index (χ2v) is 11.2. The highest BCUT2D eigenvalue weighted by Gasteiger charge is 2.70. The van der Waals surface area contributed by atoms with E-state index in [1.54, 1.807) is 30.6 Å². The van der Waals surface area contributed by atoms with Crippen molar-refractivity contribution >= 4 is 0 Å². The van der Waals surface area contributed by atoms with Gasteiger partial charge in [0.05, 0.1) is 12.0 Å². The van der Waals surface area contributed by atoms with E-state index in [1.807, 2.05) is 6.92 Å². The Labute approximate surface area is 205 Å². The fraction of sp³-hybridized carbons (Fsp3) is 0.500. The van der Waals surface area contributed by atoms with E-state index < -0.39 is 23.6 Å². The van der Waals surface area contributed by atoms with Crippen molar-refractivity contribution < 1.29 is 27.9 Å². The van der Waals surface area contributed by atoms with Crippen molar-refractivity contribution in [2.45, 2.75) is 49.8 Å². The van der Waals surface area contributed by atoms with E-state index in [9.17, 15) is 23.4 Å². The fourth-order valence-electron chi connectivity index (χ4n) is 6.43. The number of pyridine rings is 1. The summed E-state index contributed by atoms with van der Waals surface area (Å²) in [6, 6.07) is 7.69. The van der Waals surface area contributed by atoms with Crippen LogP contribution in [-0.2, 0) is 17.4 Å². The zero-order chi connectivity index (χ0) is 25.4. The summed E-state index contributed by atoms with van der Waals surface area (Å²) in [6.45, 7) is 3.16. The van der Waals surface area contributed by atoms with E-state index in [0.717, 1.165) is 19.3 Å². The molecule has 190 valence electrons. The van der Waals surface area contributed by atoms with Gasteiger partial charge in [-0.15, -0.1) is 0 Å². The molecule has 4 aliphatic rings. The molecule has 3 aromatic rings. The van der Waals surface area contributed by atoms with Crippen LogP contribution in [0, 0.1) is 10.8 Å². The Balaban J connectivity index is 1.33. The van der Waals surface area contributed by atoms with Crippen molar-refractivity contribution in [1.29, 1.82) is 0 Å². The first-order valence-corrected chi connectivity index (χ1v) is 12.0. The molecule has 1 aromatic carbocycles. The third-order valence-corrected chi connectivity index (χ3v) is 8.46. The summed E-state index contributed by atoms with van der Waals surface area (Å²) in [5, 5.41) is 29.1. The molecular formula is C26H27F3N4O3. The number of nitrogens with zero attached hydrogens (tertiary/aromatic N) is 3. The van der Waals surface area contributed by atoms with Gasteiger partial charge in [0.15, 0.2) is 5.82 Å². The molecule has 1 atom stereocenters. The smallest absolute Gasteiger partial charge is 0.393 e. The van der Waals surface area contributed by atoms with Crippen LogP contribution in [0.2, 0.25) is 0 Å². The van der Waals surface area contributed by atoms with E-state index in [0.29, 0.717) is 41.5 Å². The Kier molecular flexibility index (Phi) is 4.97. The van der Waals surface area contributed by atoms with Gasteiger partial charge in [-0.3, -0.25) is 4.98 Å². The number of alkyl halides is 3. The zero-order valence-electron chi connectivity index (χ0n) is 19.8. The molecule has 1 saturated heterocycles. The predicted molar refractivity (Wildman–Crippen MR) is 123 cm³/mol. The second-order valence-electron chi connectivity index (χ2n) is 11.2. The predicted octanol–water partition coefficient (Wildman–Crippen LogP) is 3.50. The molecule has 0 radical (unpaired) electrons. The van der Waals surface area contributed by atoms with Gasteiger partial charge in [-0.25, -0.2) is 0 Å². The second kappa shape index (κ2) is 7.60. The number of hydrogen-bond acceptors (Lipinski definition) is 7. The highest BCUT2D eigenvalue weighted by Crippen LogP contribution is 2.72. The highest BCUT2D eigenvalue weighted by molar-refractivity contribution is 5.55. The maximum absolute atomic E-state index is 12.8. The summed E-state index contributed by atoms with van der Waals surface area (Å²) >= 11 is 0. The third kappa shape index (κ3) is 3.42. The topological polar surface area (TPSA) is 104 Å². The van der Waals surface area contributed by atoms with Gasteiger partial charge in [0.2, 0.25) is 0 Å². The van der Waals surface area contributed by atoms with Crippen molar-refractivity contribution in [1.82, 2.24) is 20.4 Å². The monoisotopic (exact) mass is 500 g/mol. The first-order chi connectivity index (χ1) is 17.0. The van der Waals surface area contributed by atoms with Gasteiger partial charge in [-0.1, -0.05) is 36.3 Å². The van der Waals surface area contributed by atoms with E-state index in [2.05, 4.69) is 20.4 Å². The quantitative estimate of drug-likeness (QED) is 0.456. The van der Waals surface area contributed by atoms with Crippen molar-refractivity contribution in [3.05, 3.63) is 65.2 Å². The normalized spacial score (nSPS) is 27.9. The minimum absolute atomic E-state index is 0.0145. The molecule has 2 bridgehead atoms. The van der Waals surface area contributed by atoms with Crippen molar-refractivity contribution in [2.24, 2.45) is 10.8 Å². The maximum atomic E-state index is 12.8. The highest BCUT2D eigenvalue weighted by atomic mass is 19.4. The Hall–Kier alpha value is -2.82. The largest absolute Gasteiger partial charge is 0.396 e. The molecule has 3 aliphatic carbocycles. The van der Waals surface area contributed by atoms with Crippen LogP contribution in [-0.4, -0.2) is 51.2 Å². The molecular weight excluding hydrogens is 473 g/mol. The number of aliphatic hydroxyl groups excluding tert-OH is 1. The molecule has 2 aromatic heterocycles. The Morgan fingerprint density at radius 2 is 1.75 bits per heavy atom. The van der Waals surface area contributed by atoms with E-state index in [4.69, 9.17) is 4.52 Å². The molecule has 3 saturated carbocycles. The molecule has 10 heteroatoms. The third-order valence-electron chi connectivity index (χ3n) is 8.46. The van der Waals surface area contributed by atoms with Crippen LogP contribution in [0.25, 0.3) is 11.5 Å². The summed E-state index contributed by atoms with van der Waals surface area (Å²) in [5.41, 5.74) is -0.557. The number of nitrogens with one attached hydrogen (secondary N) is 1. The van der Waals surface area contributed by atoms with Crippen molar-refractivity contribution in [2.75, 3.05) is 19.7 Å². The Bertz CT molecular complexity index is 1280. The van der Waals surface area contributed by atoms with Crippen LogP contribution in [0.4, 0.5) is 13.2 Å². The zero-order valence-corrected chi connectivity index (χ0v) is 19.8. The van der Waals surface area contributed by atoms with Crippen LogP contribution in [0.5, 0.6) is 0 Å². The standard InChI is InChI=1S/C26H27F3N4O3/c1-22(13-31-14-22)26(35,18-4-2-16(3-5-18)7-25(27,28)29)19-6-17(8-30-9-19)20-32-21(33-36-20)24-10-23(11-24,12-24)15-34/h2-6,8-9,31,34-35H,7,10-15H2,1H3/t23?,24?,26-/m0/s1. The lowest BCUT2D eigenvalue weighted by Gasteiger charge is -2.68. The van der Waals surface area contributed by atoms with Crippen LogP contribution in [0.1, 0.15) is 48.7 Å². The van der Waals surface area contributed by atoms with Gasteiger partial charge >= 0.3 is 6.18 Å². The fourth-order valence-corrected chi connectivity index (χ4v) is 6.43. The summed E-state index contributed by atoms with van der Waals surface area (Å²) in [4.78, 5) is 8.96. The first-order valence-electron chi connectivity index (χ1n) is 12.0. The summed E-state index contributed by atoms with van der Waals surface area (Å²) in [5.74, 6) is 0.922. The average Bonchev–Trinajstić information content (AvgIpc) is 3.25. The molecule has 4 fully saturated rings. The maximum Gasteiger partial charge on any atom is 0.393 e. The number of aliphatic hydroxyl groups is 2.